The van der Waals surface area contributed by atoms with Gasteiger partial charge < -0.3 is 16.0 Å². The maximum atomic E-state index is 11.2. The van der Waals surface area contributed by atoms with Gasteiger partial charge in [0.2, 0.25) is 5.91 Å². The molecule has 6 heteroatoms. The highest BCUT2D eigenvalue weighted by molar-refractivity contribution is 5.88. The summed E-state index contributed by atoms with van der Waals surface area (Å²) in [7, 11) is 1.78. The summed E-state index contributed by atoms with van der Waals surface area (Å²) in [6.07, 6.45) is 1.06. The Labute approximate surface area is 158 Å². The number of carbonyl (C=O) groups excluding carboxylic acids is 1. The van der Waals surface area contributed by atoms with Crippen LogP contribution in [0.15, 0.2) is 29.3 Å². The number of benzene rings is 1. The summed E-state index contributed by atoms with van der Waals surface area (Å²) in [5, 5.41) is 9.47. The summed E-state index contributed by atoms with van der Waals surface area (Å²) in [6.45, 7) is 13.1. The minimum atomic E-state index is -0.0653. The van der Waals surface area contributed by atoms with Crippen LogP contribution in [-0.2, 0) is 11.3 Å². The fraction of sp³-hybridized carbons (Fsp3) is 0.600. The zero-order valence-electron chi connectivity index (χ0n) is 17.1. The Bertz CT molecular complexity index is 575. The average Bonchev–Trinajstić information content (AvgIpc) is 2.56. The molecule has 0 saturated carbocycles. The molecule has 6 nitrogen and oxygen atoms in total. The quantitative estimate of drug-likeness (QED) is 0.359. The molecule has 26 heavy (non-hydrogen) atoms. The number of anilines is 1. The molecular weight excluding hydrogens is 326 g/mol. The first-order valence-corrected chi connectivity index (χ1v) is 9.40. The second kappa shape index (κ2) is 11.5. The van der Waals surface area contributed by atoms with Gasteiger partial charge in [0.1, 0.15) is 0 Å². The molecule has 146 valence electrons. The second-order valence-electron chi connectivity index (χ2n) is 7.01. The van der Waals surface area contributed by atoms with Crippen LogP contribution in [0, 0.1) is 0 Å². The van der Waals surface area contributed by atoms with Crippen molar-refractivity contribution < 1.29 is 4.79 Å². The Hall–Kier alpha value is -2.08. The number of carbonyl (C=O) groups is 1. The molecule has 0 spiro atoms. The Balaban J connectivity index is 2.40. The summed E-state index contributed by atoms with van der Waals surface area (Å²) < 4.78 is 0. The van der Waals surface area contributed by atoms with E-state index in [0.29, 0.717) is 18.6 Å². The van der Waals surface area contributed by atoms with Crippen LogP contribution in [0.2, 0.25) is 0 Å². The monoisotopic (exact) mass is 361 g/mol. The van der Waals surface area contributed by atoms with E-state index in [-0.39, 0.29) is 5.91 Å². The smallest absolute Gasteiger partial charge is 0.221 e. The van der Waals surface area contributed by atoms with E-state index in [4.69, 9.17) is 0 Å². The number of hydrogen-bond acceptors (Lipinski definition) is 3. The Morgan fingerprint density at radius 2 is 1.85 bits per heavy atom. The molecule has 0 saturated heterocycles. The summed E-state index contributed by atoms with van der Waals surface area (Å²) in [4.78, 5) is 17.9. The molecule has 0 aromatic heterocycles. The van der Waals surface area contributed by atoms with E-state index < -0.39 is 0 Å². The van der Waals surface area contributed by atoms with Crippen LogP contribution in [0.3, 0.4) is 0 Å². The summed E-state index contributed by atoms with van der Waals surface area (Å²) in [6, 6.07) is 8.92. The third-order valence-corrected chi connectivity index (χ3v) is 4.14. The maximum absolute atomic E-state index is 11.2. The molecule has 0 atom stereocenters. The van der Waals surface area contributed by atoms with Crippen LogP contribution in [0.1, 0.15) is 46.6 Å². The predicted molar refractivity (Wildman–Crippen MR) is 111 cm³/mol. The van der Waals surface area contributed by atoms with E-state index in [9.17, 15) is 4.79 Å². The van der Waals surface area contributed by atoms with Crippen molar-refractivity contribution in [3.63, 3.8) is 0 Å². The van der Waals surface area contributed by atoms with E-state index in [1.54, 1.807) is 7.05 Å². The molecule has 0 radical (unpaired) electrons. The van der Waals surface area contributed by atoms with Gasteiger partial charge >= 0.3 is 0 Å². The molecular formula is C20H35N5O. The minimum Gasteiger partial charge on any atom is -0.356 e. The first-order valence-electron chi connectivity index (χ1n) is 9.40. The molecule has 3 N–H and O–H groups in total. The number of guanidine groups is 1. The third-order valence-electron chi connectivity index (χ3n) is 4.14. The van der Waals surface area contributed by atoms with Crippen LogP contribution in [0.5, 0.6) is 0 Å². The van der Waals surface area contributed by atoms with E-state index >= 15 is 0 Å². The predicted octanol–water partition coefficient (Wildman–Crippen LogP) is 2.82. The van der Waals surface area contributed by atoms with Gasteiger partial charge in [0, 0.05) is 51.4 Å². The first-order chi connectivity index (χ1) is 12.3. The van der Waals surface area contributed by atoms with Gasteiger partial charge in [-0.3, -0.25) is 14.7 Å². The molecule has 1 amide bonds. The lowest BCUT2D eigenvalue weighted by Crippen LogP contribution is -2.41. The number of nitrogens with zero attached hydrogens (tertiary/aromatic N) is 2. The normalized spacial score (nSPS) is 12.0. The van der Waals surface area contributed by atoms with Gasteiger partial charge in [-0.05, 0) is 51.8 Å². The van der Waals surface area contributed by atoms with Crippen LogP contribution < -0.4 is 16.0 Å². The zero-order valence-corrected chi connectivity index (χ0v) is 17.1. The molecule has 1 aromatic rings. The van der Waals surface area contributed by atoms with Crippen molar-refractivity contribution in [3.05, 3.63) is 29.8 Å². The summed E-state index contributed by atoms with van der Waals surface area (Å²) >= 11 is 0. The molecule has 0 aliphatic carbocycles. The molecule has 0 unspecified atom stereocenters. The number of hydrogen-bond donors (Lipinski definition) is 3. The van der Waals surface area contributed by atoms with Gasteiger partial charge in [-0.25, -0.2) is 0 Å². The van der Waals surface area contributed by atoms with Crippen molar-refractivity contribution in [1.82, 2.24) is 15.5 Å². The Morgan fingerprint density at radius 1 is 1.15 bits per heavy atom. The van der Waals surface area contributed by atoms with Crippen molar-refractivity contribution in [2.75, 3.05) is 25.5 Å². The lowest BCUT2D eigenvalue weighted by atomic mass is 10.2. The van der Waals surface area contributed by atoms with E-state index in [2.05, 4.69) is 53.5 Å². The highest BCUT2D eigenvalue weighted by Gasteiger charge is 2.12. The summed E-state index contributed by atoms with van der Waals surface area (Å²) in [5.74, 6) is 0.722. The number of rotatable bonds is 9. The van der Waals surface area contributed by atoms with Crippen LogP contribution in [-0.4, -0.2) is 49.0 Å². The fourth-order valence-electron chi connectivity index (χ4n) is 2.95. The minimum absolute atomic E-state index is 0.0653. The molecule has 0 heterocycles. The van der Waals surface area contributed by atoms with Crippen molar-refractivity contribution in [2.45, 2.75) is 59.7 Å². The number of amides is 1. The van der Waals surface area contributed by atoms with Gasteiger partial charge in [-0.1, -0.05) is 12.1 Å². The topological polar surface area (TPSA) is 68.8 Å². The Kier molecular flexibility index (Phi) is 9.73. The van der Waals surface area contributed by atoms with E-state index in [0.717, 1.165) is 36.7 Å². The van der Waals surface area contributed by atoms with E-state index in [1.165, 1.54) is 6.92 Å². The maximum Gasteiger partial charge on any atom is 0.221 e. The zero-order chi connectivity index (χ0) is 19.5. The molecule has 1 aromatic carbocycles. The van der Waals surface area contributed by atoms with Crippen molar-refractivity contribution in [1.29, 1.82) is 0 Å². The van der Waals surface area contributed by atoms with Crippen molar-refractivity contribution in [3.8, 4) is 0 Å². The largest absolute Gasteiger partial charge is 0.356 e. The van der Waals surface area contributed by atoms with Crippen molar-refractivity contribution >= 4 is 17.6 Å². The van der Waals surface area contributed by atoms with Gasteiger partial charge in [-0.2, -0.15) is 0 Å². The highest BCUT2D eigenvalue weighted by Crippen LogP contribution is 2.10. The molecule has 0 aliphatic rings. The van der Waals surface area contributed by atoms with Gasteiger partial charge in [0.25, 0.3) is 0 Å². The lowest BCUT2D eigenvalue weighted by molar-refractivity contribution is -0.114. The molecule has 0 bridgehead atoms. The van der Waals surface area contributed by atoms with Crippen LogP contribution >= 0.6 is 0 Å². The number of aliphatic imine (C=N–C) groups is 1. The number of nitrogens with one attached hydrogen (secondary N) is 3. The molecule has 1 rings (SSSR count). The van der Waals surface area contributed by atoms with Gasteiger partial charge in [-0.15, -0.1) is 0 Å². The van der Waals surface area contributed by atoms with E-state index in [1.807, 2.05) is 24.3 Å². The van der Waals surface area contributed by atoms with Gasteiger partial charge in [0.05, 0.1) is 0 Å². The third kappa shape index (κ3) is 8.34. The standard InChI is InChI=1S/C20H35N5O/c1-15(2)25(16(3)4)12-8-11-22-20(21-6)23-14-18-9-7-10-19(13-18)24-17(5)26/h7,9-10,13,15-16H,8,11-12,14H2,1-6H3,(H,24,26)(H2,21,22,23). The lowest BCUT2D eigenvalue weighted by Gasteiger charge is -2.30. The molecule has 0 fully saturated rings. The molecule has 0 aliphatic heterocycles. The average molecular weight is 362 g/mol. The van der Waals surface area contributed by atoms with Crippen LogP contribution in [0.4, 0.5) is 5.69 Å². The van der Waals surface area contributed by atoms with Crippen molar-refractivity contribution in [2.24, 2.45) is 4.99 Å². The highest BCUT2D eigenvalue weighted by atomic mass is 16.1. The van der Waals surface area contributed by atoms with Crippen LogP contribution in [0.25, 0.3) is 0 Å². The summed E-state index contributed by atoms with van der Waals surface area (Å²) in [5.41, 5.74) is 1.90. The van der Waals surface area contributed by atoms with Gasteiger partial charge in [0.15, 0.2) is 5.96 Å². The second-order valence-corrected chi connectivity index (χ2v) is 7.01. The SMILES string of the molecule is CN=C(NCCCN(C(C)C)C(C)C)NCc1cccc(NC(C)=O)c1. The Morgan fingerprint density at radius 3 is 2.42 bits per heavy atom. The fourth-order valence-corrected chi connectivity index (χ4v) is 2.95. The first kappa shape index (κ1) is 22.0.